The zero-order chi connectivity index (χ0) is 41.4. The van der Waals surface area contributed by atoms with Crippen LogP contribution in [0.25, 0.3) is 10.9 Å². The van der Waals surface area contributed by atoms with Crippen LogP contribution in [-0.4, -0.2) is 92.1 Å². The molecule has 16 heteroatoms. The number of ketones is 1. The third kappa shape index (κ3) is 10.5. The normalized spacial score (nSPS) is 23.7. The topological polar surface area (TPSA) is 177 Å². The molecule has 310 valence electrons. The number of esters is 1. The highest BCUT2D eigenvalue weighted by molar-refractivity contribution is 7.85. The van der Waals surface area contributed by atoms with Crippen LogP contribution in [0.3, 0.4) is 0 Å². The summed E-state index contributed by atoms with van der Waals surface area (Å²) in [5.74, 6) is -2.73. The lowest BCUT2D eigenvalue weighted by Gasteiger charge is -2.35. The third-order valence-electron chi connectivity index (χ3n) is 10.8. The van der Waals surface area contributed by atoms with Crippen molar-refractivity contribution in [3.63, 3.8) is 0 Å². The van der Waals surface area contributed by atoms with Crippen molar-refractivity contribution in [3.8, 4) is 11.6 Å². The van der Waals surface area contributed by atoms with Gasteiger partial charge in [-0.3, -0.25) is 19.2 Å². The summed E-state index contributed by atoms with van der Waals surface area (Å²) in [5.41, 5.74) is -3.21. The van der Waals surface area contributed by atoms with Crippen molar-refractivity contribution in [2.75, 3.05) is 26.9 Å². The van der Waals surface area contributed by atoms with Crippen molar-refractivity contribution in [2.24, 2.45) is 22.7 Å². The lowest BCUT2D eigenvalue weighted by atomic mass is 9.77. The average Bonchev–Trinajstić information content (AvgIpc) is 3.94. The SMILES string of the molecule is CC[C@@H]1C[C@]1(CC(=O)[C@@H]1C[C@@H](Oc2cc(OCCOC)nc3c(Cl)cccc23)CN1C(=O)[C@@H](CC(=O)OC(C)(C)C)C(C)(C)C)C(=O)NS(=O)(=O)OC1(C)CC1. The van der Waals surface area contributed by atoms with E-state index in [2.05, 4.69) is 9.71 Å². The van der Waals surface area contributed by atoms with E-state index in [0.717, 1.165) is 0 Å². The van der Waals surface area contributed by atoms with E-state index in [9.17, 15) is 27.6 Å². The Kier molecular flexibility index (Phi) is 12.7. The van der Waals surface area contributed by atoms with Gasteiger partial charge in [-0.25, -0.2) is 13.9 Å². The van der Waals surface area contributed by atoms with E-state index in [-0.39, 0.29) is 44.2 Å². The fourth-order valence-corrected chi connectivity index (χ4v) is 8.75. The van der Waals surface area contributed by atoms with Crippen LogP contribution >= 0.6 is 11.6 Å². The Morgan fingerprint density at radius 1 is 1.09 bits per heavy atom. The molecule has 56 heavy (non-hydrogen) atoms. The van der Waals surface area contributed by atoms with Crippen molar-refractivity contribution in [1.29, 1.82) is 0 Å². The van der Waals surface area contributed by atoms with Gasteiger partial charge in [0.05, 0.1) is 53.1 Å². The first-order valence-electron chi connectivity index (χ1n) is 19.2. The number of benzene rings is 1. The number of pyridine rings is 1. The molecule has 0 bridgehead atoms. The minimum absolute atomic E-state index is 0.0163. The number of likely N-dealkylation sites (tertiary alicyclic amines) is 1. The van der Waals surface area contributed by atoms with Crippen LogP contribution in [0.4, 0.5) is 0 Å². The lowest BCUT2D eigenvalue weighted by molar-refractivity contribution is -0.161. The second-order valence-corrected chi connectivity index (χ2v) is 19.3. The predicted octanol–water partition coefficient (Wildman–Crippen LogP) is 5.96. The number of hydrogen-bond donors (Lipinski definition) is 1. The smallest absolute Gasteiger partial charge is 0.362 e. The van der Waals surface area contributed by atoms with E-state index in [1.165, 1.54) is 4.90 Å². The standard InChI is InChI=1S/C40H56ClN3O11S/c1-10-24-21-40(24,36(48)43-56(49,50)55-39(8)14-15-39)22-30(45)29-18-25(23-44(29)35(47)27(37(2,3)4)19-33(46)54-38(5,6)7)53-31-20-32(52-17-16-51-9)42-34-26(31)12-11-13-28(34)41/h11-13,20,24-25,27,29H,10,14-19,21-23H2,1-9H3,(H,43,48)/t24-,25-,27-,29+,40-/m1/s1. The van der Waals surface area contributed by atoms with Crippen LogP contribution < -0.4 is 14.2 Å². The van der Waals surface area contributed by atoms with E-state index in [1.807, 2.05) is 27.7 Å². The van der Waals surface area contributed by atoms with Gasteiger partial charge in [0.2, 0.25) is 17.7 Å². The summed E-state index contributed by atoms with van der Waals surface area (Å²) in [4.78, 5) is 62.1. The zero-order valence-corrected chi connectivity index (χ0v) is 35.4. The number of carbonyl (C=O) groups excluding carboxylic acids is 4. The molecule has 5 atom stereocenters. The van der Waals surface area contributed by atoms with Crippen molar-refractivity contribution in [1.82, 2.24) is 14.6 Å². The van der Waals surface area contributed by atoms with E-state index in [1.54, 1.807) is 59.1 Å². The molecule has 3 fully saturated rings. The van der Waals surface area contributed by atoms with Gasteiger partial charge in [0.15, 0.2) is 5.78 Å². The summed E-state index contributed by atoms with van der Waals surface area (Å²) in [6.45, 7) is 14.8. The monoisotopic (exact) mass is 821 g/mol. The molecule has 2 aromatic rings. The molecule has 1 aromatic heterocycles. The Morgan fingerprint density at radius 2 is 1.79 bits per heavy atom. The molecular formula is C40H56ClN3O11S. The lowest BCUT2D eigenvalue weighted by Crippen LogP contribution is -2.49. The second kappa shape index (κ2) is 16.4. The van der Waals surface area contributed by atoms with Crippen molar-refractivity contribution >= 4 is 56.4 Å². The van der Waals surface area contributed by atoms with Gasteiger partial charge in [-0.15, -0.1) is 0 Å². The van der Waals surface area contributed by atoms with Gasteiger partial charge in [0.25, 0.3) is 0 Å². The van der Waals surface area contributed by atoms with Gasteiger partial charge in [-0.1, -0.05) is 51.8 Å². The number of nitrogens with zero attached hydrogens (tertiary/aromatic N) is 2. The Morgan fingerprint density at radius 3 is 2.38 bits per heavy atom. The summed E-state index contributed by atoms with van der Waals surface area (Å²) < 4.78 is 56.1. The molecule has 0 unspecified atom stereocenters. The fraction of sp³-hybridized carbons (Fsp3) is 0.675. The van der Waals surface area contributed by atoms with Gasteiger partial charge in [0.1, 0.15) is 24.1 Å². The van der Waals surface area contributed by atoms with Crippen LogP contribution in [0, 0.1) is 22.7 Å². The summed E-state index contributed by atoms with van der Waals surface area (Å²) in [6.07, 6.45) is 0.748. The number of aromatic nitrogens is 1. The molecule has 5 rings (SSSR count). The fourth-order valence-electron chi connectivity index (χ4n) is 7.37. The molecule has 2 saturated carbocycles. The van der Waals surface area contributed by atoms with Crippen LogP contribution in [0.1, 0.15) is 100 Å². The largest absolute Gasteiger partial charge is 0.488 e. The molecule has 1 N–H and O–H groups in total. The molecule has 14 nitrogen and oxygen atoms in total. The van der Waals surface area contributed by atoms with Crippen molar-refractivity contribution in [2.45, 2.75) is 124 Å². The first-order chi connectivity index (χ1) is 26.0. The van der Waals surface area contributed by atoms with Crippen LogP contribution in [0.5, 0.6) is 11.6 Å². The maximum absolute atomic E-state index is 14.7. The van der Waals surface area contributed by atoms with E-state index >= 15 is 0 Å². The maximum atomic E-state index is 14.7. The molecular weight excluding hydrogens is 766 g/mol. The number of para-hydroxylation sites is 1. The Hall–Kier alpha value is -3.53. The number of nitrogens with one attached hydrogen (secondary N) is 1. The molecule has 0 radical (unpaired) electrons. The number of carbonyl (C=O) groups is 4. The van der Waals surface area contributed by atoms with Gasteiger partial charge in [-0.2, -0.15) is 8.42 Å². The second-order valence-electron chi connectivity index (χ2n) is 17.7. The molecule has 2 heterocycles. The van der Waals surface area contributed by atoms with Gasteiger partial charge in [-0.05, 0) is 70.4 Å². The molecule has 1 aliphatic heterocycles. The number of methoxy groups -OCH3 is 1. The highest BCUT2D eigenvalue weighted by Crippen LogP contribution is 2.58. The first-order valence-corrected chi connectivity index (χ1v) is 21.0. The van der Waals surface area contributed by atoms with E-state index in [4.69, 9.17) is 34.7 Å². The summed E-state index contributed by atoms with van der Waals surface area (Å²) in [6, 6.07) is 5.81. The third-order valence-corrected chi connectivity index (χ3v) is 12.1. The molecule has 2 aliphatic carbocycles. The number of Topliss-reactive ketones (excluding diaryl/α,β-unsaturated/α-hetero) is 1. The van der Waals surface area contributed by atoms with Gasteiger partial charge >= 0.3 is 16.3 Å². The van der Waals surface area contributed by atoms with Crippen molar-refractivity contribution in [3.05, 3.63) is 29.3 Å². The maximum Gasteiger partial charge on any atom is 0.362 e. The molecule has 3 aliphatic rings. The Bertz CT molecular complexity index is 1940. The van der Waals surface area contributed by atoms with Gasteiger partial charge in [0, 0.05) is 31.4 Å². The first kappa shape index (κ1) is 43.6. The van der Waals surface area contributed by atoms with E-state index < -0.39 is 74.0 Å². The highest BCUT2D eigenvalue weighted by Gasteiger charge is 2.62. The Labute approximate surface area is 334 Å². The van der Waals surface area contributed by atoms with Crippen LogP contribution in [0.15, 0.2) is 24.3 Å². The van der Waals surface area contributed by atoms with Crippen LogP contribution in [0.2, 0.25) is 5.02 Å². The summed E-state index contributed by atoms with van der Waals surface area (Å²) >= 11 is 6.55. The predicted molar refractivity (Wildman–Crippen MR) is 208 cm³/mol. The minimum atomic E-state index is -4.43. The number of halogens is 1. The highest BCUT2D eigenvalue weighted by atomic mass is 35.5. The number of ether oxygens (including phenoxy) is 4. The number of hydrogen-bond acceptors (Lipinski definition) is 12. The molecule has 2 amide bonds. The van der Waals surface area contributed by atoms with Gasteiger partial charge < -0.3 is 23.8 Å². The minimum Gasteiger partial charge on any atom is -0.488 e. The number of amides is 2. The average molecular weight is 822 g/mol. The van der Waals surface area contributed by atoms with E-state index in [0.29, 0.717) is 54.0 Å². The molecule has 1 saturated heterocycles. The number of fused-ring (bicyclic) bond motifs is 1. The zero-order valence-electron chi connectivity index (χ0n) is 33.9. The Balaban J connectivity index is 1.47. The summed E-state index contributed by atoms with van der Waals surface area (Å²) in [7, 11) is -2.88. The van der Waals surface area contributed by atoms with Crippen LogP contribution in [-0.2, 0) is 43.1 Å². The van der Waals surface area contributed by atoms with Crippen molar-refractivity contribution < 1.29 is 50.7 Å². The molecule has 0 spiro atoms. The quantitative estimate of drug-likeness (QED) is 0.147. The number of rotatable bonds is 17. The summed E-state index contributed by atoms with van der Waals surface area (Å²) in [5, 5.41) is 0.956. The molecule has 1 aromatic carbocycles.